The molecular formula is C14H28N4O. The van der Waals surface area contributed by atoms with Crippen LogP contribution in [-0.4, -0.2) is 79.5 Å². The Morgan fingerprint density at radius 1 is 1.26 bits per heavy atom. The number of nitrogens with zero attached hydrogens (tertiary/aromatic N) is 3. The van der Waals surface area contributed by atoms with Gasteiger partial charge in [0, 0.05) is 45.3 Å². The number of carbonyl (C=O) groups excluding carboxylic acids is 1. The summed E-state index contributed by atoms with van der Waals surface area (Å²) < 4.78 is 0. The molecule has 2 atom stereocenters. The quantitative estimate of drug-likeness (QED) is 0.771. The van der Waals surface area contributed by atoms with Gasteiger partial charge in [0.05, 0.1) is 6.54 Å². The standard InChI is InChI=1S/C14H28N4O/c1-12-4-3-5-18(9-12)14(19)11-17-7-6-16(2)10-13(17)8-15/h12-13H,3-11,15H2,1-2H3. The van der Waals surface area contributed by atoms with Gasteiger partial charge in [0.25, 0.3) is 0 Å². The minimum absolute atomic E-state index is 0.287. The molecule has 2 rings (SSSR count). The van der Waals surface area contributed by atoms with Crippen LogP contribution in [0.4, 0.5) is 0 Å². The zero-order valence-electron chi connectivity index (χ0n) is 12.3. The highest BCUT2D eigenvalue weighted by atomic mass is 16.2. The van der Waals surface area contributed by atoms with Crippen LogP contribution in [0.15, 0.2) is 0 Å². The van der Waals surface area contributed by atoms with Gasteiger partial charge < -0.3 is 15.5 Å². The van der Waals surface area contributed by atoms with Crippen molar-refractivity contribution < 1.29 is 4.79 Å². The number of carbonyl (C=O) groups is 1. The molecule has 2 aliphatic rings. The number of nitrogens with two attached hydrogens (primary N) is 1. The lowest BCUT2D eigenvalue weighted by Gasteiger charge is -2.40. The fourth-order valence-electron chi connectivity index (χ4n) is 3.17. The van der Waals surface area contributed by atoms with Gasteiger partial charge in [0.15, 0.2) is 0 Å². The lowest BCUT2D eigenvalue weighted by Crippen LogP contribution is -2.57. The highest BCUT2D eigenvalue weighted by Crippen LogP contribution is 2.16. The summed E-state index contributed by atoms with van der Waals surface area (Å²) in [5, 5.41) is 0. The number of hydrogen-bond acceptors (Lipinski definition) is 4. The fourth-order valence-corrected chi connectivity index (χ4v) is 3.17. The number of likely N-dealkylation sites (tertiary alicyclic amines) is 1. The minimum Gasteiger partial charge on any atom is -0.341 e. The Labute approximate surface area is 116 Å². The Morgan fingerprint density at radius 2 is 2.05 bits per heavy atom. The van der Waals surface area contributed by atoms with Crippen molar-refractivity contribution in [1.82, 2.24) is 14.7 Å². The van der Waals surface area contributed by atoms with Crippen LogP contribution in [0.2, 0.25) is 0 Å². The van der Waals surface area contributed by atoms with Gasteiger partial charge in [-0.1, -0.05) is 6.92 Å². The summed E-state index contributed by atoms with van der Waals surface area (Å²) in [6.45, 7) is 8.23. The molecule has 0 radical (unpaired) electrons. The Morgan fingerprint density at radius 3 is 2.74 bits per heavy atom. The smallest absolute Gasteiger partial charge is 0.236 e. The maximum Gasteiger partial charge on any atom is 0.236 e. The van der Waals surface area contributed by atoms with E-state index in [0.717, 1.165) is 39.1 Å². The van der Waals surface area contributed by atoms with E-state index in [0.29, 0.717) is 25.0 Å². The monoisotopic (exact) mass is 268 g/mol. The Hall–Kier alpha value is -0.650. The van der Waals surface area contributed by atoms with Crippen LogP contribution in [0.25, 0.3) is 0 Å². The second-order valence-electron chi connectivity index (χ2n) is 6.21. The van der Waals surface area contributed by atoms with Crippen LogP contribution in [0.5, 0.6) is 0 Å². The van der Waals surface area contributed by atoms with Crippen molar-refractivity contribution in [2.45, 2.75) is 25.8 Å². The summed E-state index contributed by atoms with van der Waals surface area (Å²) in [7, 11) is 2.12. The molecule has 2 heterocycles. The third-order valence-electron chi connectivity index (χ3n) is 4.43. The van der Waals surface area contributed by atoms with E-state index in [1.54, 1.807) is 0 Å². The van der Waals surface area contributed by atoms with E-state index >= 15 is 0 Å². The Balaban J connectivity index is 1.86. The van der Waals surface area contributed by atoms with Crippen LogP contribution in [0, 0.1) is 5.92 Å². The molecule has 2 fully saturated rings. The van der Waals surface area contributed by atoms with E-state index in [-0.39, 0.29) is 5.91 Å². The molecule has 2 aliphatic heterocycles. The third kappa shape index (κ3) is 3.91. The van der Waals surface area contributed by atoms with Gasteiger partial charge >= 0.3 is 0 Å². The van der Waals surface area contributed by atoms with Crippen molar-refractivity contribution in [3.05, 3.63) is 0 Å². The zero-order chi connectivity index (χ0) is 13.8. The SMILES string of the molecule is CC1CCCN(C(=O)CN2CCN(C)CC2CN)C1. The lowest BCUT2D eigenvalue weighted by atomic mass is 10.0. The van der Waals surface area contributed by atoms with Gasteiger partial charge in [0.2, 0.25) is 5.91 Å². The van der Waals surface area contributed by atoms with Gasteiger partial charge in [0.1, 0.15) is 0 Å². The molecule has 0 aromatic rings. The second-order valence-corrected chi connectivity index (χ2v) is 6.21. The lowest BCUT2D eigenvalue weighted by molar-refractivity contribution is -0.135. The van der Waals surface area contributed by atoms with Crippen LogP contribution in [0.3, 0.4) is 0 Å². The molecule has 2 N–H and O–H groups in total. The average molecular weight is 268 g/mol. The third-order valence-corrected chi connectivity index (χ3v) is 4.43. The van der Waals surface area contributed by atoms with E-state index in [9.17, 15) is 4.79 Å². The second kappa shape index (κ2) is 6.68. The van der Waals surface area contributed by atoms with E-state index in [1.165, 1.54) is 6.42 Å². The van der Waals surface area contributed by atoms with Gasteiger partial charge in [-0.3, -0.25) is 9.69 Å². The van der Waals surface area contributed by atoms with Gasteiger partial charge in [-0.05, 0) is 25.8 Å². The predicted octanol–water partition coefficient (Wildman–Crippen LogP) is -0.180. The van der Waals surface area contributed by atoms with Crippen molar-refractivity contribution in [3.8, 4) is 0 Å². The molecular weight excluding hydrogens is 240 g/mol. The minimum atomic E-state index is 0.287. The zero-order valence-corrected chi connectivity index (χ0v) is 12.3. The molecule has 0 saturated carbocycles. The van der Waals surface area contributed by atoms with Crippen molar-refractivity contribution >= 4 is 5.91 Å². The summed E-state index contributed by atoms with van der Waals surface area (Å²) in [5.41, 5.74) is 5.84. The number of hydrogen-bond donors (Lipinski definition) is 1. The first-order valence-electron chi connectivity index (χ1n) is 7.50. The molecule has 1 amide bonds. The molecule has 5 nitrogen and oxygen atoms in total. The number of piperidine rings is 1. The van der Waals surface area contributed by atoms with Gasteiger partial charge in [-0.15, -0.1) is 0 Å². The Kier molecular flexibility index (Phi) is 5.19. The van der Waals surface area contributed by atoms with E-state index in [4.69, 9.17) is 5.73 Å². The normalized spacial score (nSPS) is 30.6. The molecule has 2 unspecified atom stereocenters. The van der Waals surface area contributed by atoms with Crippen molar-refractivity contribution in [3.63, 3.8) is 0 Å². The molecule has 0 bridgehead atoms. The first-order valence-corrected chi connectivity index (χ1v) is 7.50. The summed E-state index contributed by atoms with van der Waals surface area (Å²) in [6.07, 6.45) is 2.40. The maximum atomic E-state index is 12.4. The molecule has 0 aromatic carbocycles. The first-order chi connectivity index (χ1) is 9.10. The number of rotatable bonds is 3. The van der Waals surface area contributed by atoms with Crippen molar-refractivity contribution in [2.24, 2.45) is 11.7 Å². The van der Waals surface area contributed by atoms with Crippen LogP contribution < -0.4 is 5.73 Å². The predicted molar refractivity (Wildman–Crippen MR) is 76.9 cm³/mol. The van der Waals surface area contributed by atoms with E-state index in [1.807, 2.05) is 4.90 Å². The van der Waals surface area contributed by atoms with Crippen LogP contribution in [-0.2, 0) is 4.79 Å². The van der Waals surface area contributed by atoms with Crippen molar-refractivity contribution in [1.29, 1.82) is 0 Å². The molecule has 110 valence electrons. The Bertz CT molecular complexity index is 310. The summed E-state index contributed by atoms with van der Waals surface area (Å²) in [6, 6.07) is 0.324. The van der Waals surface area contributed by atoms with Gasteiger partial charge in [-0.2, -0.15) is 0 Å². The molecule has 0 aromatic heterocycles. The first kappa shape index (κ1) is 14.8. The topological polar surface area (TPSA) is 52.8 Å². The molecule has 19 heavy (non-hydrogen) atoms. The number of amides is 1. The molecule has 2 saturated heterocycles. The molecule has 5 heteroatoms. The molecule has 0 spiro atoms. The van der Waals surface area contributed by atoms with E-state index in [2.05, 4.69) is 23.8 Å². The van der Waals surface area contributed by atoms with E-state index < -0.39 is 0 Å². The largest absolute Gasteiger partial charge is 0.341 e. The fraction of sp³-hybridized carbons (Fsp3) is 0.929. The summed E-state index contributed by atoms with van der Waals surface area (Å²) >= 11 is 0. The number of likely N-dealkylation sites (N-methyl/N-ethyl adjacent to an activating group) is 1. The maximum absolute atomic E-state index is 12.4. The number of piperazine rings is 1. The highest BCUT2D eigenvalue weighted by molar-refractivity contribution is 5.78. The van der Waals surface area contributed by atoms with Crippen LogP contribution >= 0.6 is 0 Å². The summed E-state index contributed by atoms with van der Waals surface area (Å²) in [4.78, 5) is 19.0. The average Bonchev–Trinajstić information content (AvgIpc) is 2.40. The van der Waals surface area contributed by atoms with Gasteiger partial charge in [-0.25, -0.2) is 0 Å². The highest BCUT2D eigenvalue weighted by Gasteiger charge is 2.28. The molecule has 0 aliphatic carbocycles. The van der Waals surface area contributed by atoms with Crippen molar-refractivity contribution in [2.75, 3.05) is 52.9 Å². The summed E-state index contributed by atoms with van der Waals surface area (Å²) in [5.74, 6) is 0.935. The van der Waals surface area contributed by atoms with Crippen LogP contribution in [0.1, 0.15) is 19.8 Å².